The Hall–Kier alpha value is -2.69. The van der Waals surface area contributed by atoms with Gasteiger partial charge in [0.05, 0.1) is 5.56 Å². The summed E-state index contributed by atoms with van der Waals surface area (Å²) >= 11 is 0. The molecule has 0 unspecified atom stereocenters. The summed E-state index contributed by atoms with van der Waals surface area (Å²) < 4.78 is 15.5. The van der Waals surface area contributed by atoms with Gasteiger partial charge < -0.3 is 9.51 Å². The summed E-state index contributed by atoms with van der Waals surface area (Å²) in [5.74, 6) is -2.01. The Morgan fingerprint density at radius 3 is 2.74 bits per heavy atom. The number of hydrogen-bond donors (Lipinski definition) is 1. The second-order valence-corrected chi connectivity index (χ2v) is 4.11. The summed E-state index contributed by atoms with van der Waals surface area (Å²) in [5, 5.41) is 8.79. The number of halogens is 1. The molecule has 0 fully saturated rings. The highest BCUT2D eigenvalue weighted by atomic mass is 19.1. The molecule has 1 aromatic carbocycles. The second-order valence-electron chi connectivity index (χ2n) is 4.11. The van der Waals surface area contributed by atoms with Crippen molar-refractivity contribution in [2.75, 3.05) is 0 Å². The Morgan fingerprint density at radius 2 is 2.00 bits per heavy atom. The summed E-state index contributed by atoms with van der Waals surface area (Å²) in [4.78, 5) is 14.9. The topological polar surface area (TPSA) is 54.6 Å². The Morgan fingerprint density at radius 1 is 1.21 bits per heavy atom. The van der Waals surface area contributed by atoms with Gasteiger partial charge in [-0.05, 0) is 35.4 Å². The number of benzene rings is 1. The van der Waals surface area contributed by atoms with Crippen molar-refractivity contribution < 1.29 is 14.3 Å². The van der Waals surface area contributed by atoms with Crippen LogP contribution >= 0.6 is 0 Å². The van der Waals surface area contributed by atoms with Crippen LogP contribution < -0.4 is 0 Å². The summed E-state index contributed by atoms with van der Waals surface area (Å²) in [6, 6.07) is 7.72. The molecular weight excluding hydrogens is 247 g/mol. The minimum absolute atomic E-state index is 0.326. The highest BCUT2D eigenvalue weighted by Gasteiger charge is 2.11. The van der Waals surface area contributed by atoms with Gasteiger partial charge in [-0.2, -0.15) is 0 Å². The molecule has 0 bridgehead atoms. The van der Waals surface area contributed by atoms with E-state index < -0.39 is 11.8 Å². The quantitative estimate of drug-likeness (QED) is 0.767. The zero-order valence-electron chi connectivity index (χ0n) is 9.75. The Kier molecular flexibility index (Phi) is 2.52. The third-order valence-corrected chi connectivity index (χ3v) is 2.92. The molecule has 2 heterocycles. The van der Waals surface area contributed by atoms with E-state index in [1.54, 1.807) is 18.5 Å². The summed E-state index contributed by atoms with van der Waals surface area (Å²) in [6.45, 7) is 0. The van der Waals surface area contributed by atoms with Crippen LogP contribution in [-0.4, -0.2) is 20.5 Å². The molecular formula is C14H9FN2O2. The number of hydrogen-bond acceptors (Lipinski definition) is 2. The van der Waals surface area contributed by atoms with Crippen LogP contribution in [0.15, 0.2) is 48.9 Å². The lowest BCUT2D eigenvalue weighted by Gasteiger charge is -2.04. The largest absolute Gasteiger partial charge is 0.478 e. The van der Waals surface area contributed by atoms with Crippen molar-refractivity contribution in [3.8, 4) is 11.1 Å². The van der Waals surface area contributed by atoms with Gasteiger partial charge in [-0.3, -0.25) is 0 Å². The zero-order chi connectivity index (χ0) is 13.4. The number of carboxylic acid groups (broad SMARTS) is 1. The van der Waals surface area contributed by atoms with E-state index in [0.717, 1.165) is 11.2 Å². The SMILES string of the molecule is O=C(O)c1ccc(-c2ccc3nccn3c2)cc1F. The zero-order valence-corrected chi connectivity index (χ0v) is 9.75. The standard InChI is InChI=1S/C14H9FN2O2/c15-12-7-9(1-3-11(12)14(18)19)10-2-4-13-16-5-6-17(13)8-10/h1-8H,(H,18,19). The normalized spacial score (nSPS) is 10.8. The molecule has 3 rings (SSSR count). The van der Waals surface area contributed by atoms with Crippen LogP contribution in [0.2, 0.25) is 0 Å². The molecule has 0 aliphatic rings. The van der Waals surface area contributed by atoms with Crippen molar-refractivity contribution in [2.45, 2.75) is 0 Å². The fourth-order valence-electron chi connectivity index (χ4n) is 1.96. The number of carbonyl (C=O) groups is 1. The van der Waals surface area contributed by atoms with Gasteiger partial charge in [-0.25, -0.2) is 14.2 Å². The van der Waals surface area contributed by atoms with Crippen molar-refractivity contribution in [3.63, 3.8) is 0 Å². The van der Waals surface area contributed by atoms with E-state index in [9.17, 15) is 9.18 Å². The van der Waals surface area contributed by atoms with Crippen molar-refractivity contribution in [3.05, 3.63) is 60.3 Å². The number of imidazole rings is 1. The molecule has 0 aliphatic heterocycles. The average Bonchev–Trinajstić information content (AvgIpc) is 2.85. The Balaban J connectivity index is 2.10. The smallest absolute Gasteiger partial charge is 0.338 e. The molecule has 2 aromatic heterocycles. The summed E-state index contributed by atoms with van der Waals surface area (Å²) in [7, 11) is 0. The molecule has 19 heavy (non-hydrogen) atoms. The first-order valence-corrected chi connectivity index (χ1v) is 5.61. The van der Waals surface area contributed by atoms with Gasteiger partial charge in [0.25, 0.3) is 0 Å². The van der Waals surface area contributed by atoms with Crippen LogP contribution in [0.4, 0.5) is 4.39 Å². The first-order valence-electron chi connectivity index (χ1n) is 5.61. The number of carboxylic acids is 1. The molecule has 0 aliphatic carbocycles. The average molecular weight is 256 g/mol. The number of rotatable bonds is 2. The lowest BCUT2D eigenvalue weighted by atomic mass is 10.1. The van der Waals surface area contributed by atoms with Gasteiger partial charge in [0.15, 0.2) is 0 Å². The molecule has 0 amide bonds. The van der Waals surface area contributed by atoms with Crippen molar-refractivity contribution >= 4 is 11.6 Å². The van der Waals surface area contributed by atoms with E-state index in [4.69, 9.17) is 5.11 Å². The highest BCUT2D eigenvalue weighted by molar-refractivity contribution is 5.88. The molecule has 0 spiro atoms. The molecule has 94 valence electrons. The number of pyridine rings is 1. The van der Waals surface area contributed by atoms with Gasteiger partial charge in [0.1, 0.15) is 11.5 Å². The van der Waals surface area contributed by atoms with Crippen LogP contribution in [0.3, 0.4) is 0 Å². The highest BCUT2D eigenvalue weighted by Crippen LogP contribution is 2.22. The Labute approximate surface area is 107 Å². The molecule has 0 saturated carbocycles. The third kappa shape index (κ3) is 1.95. The van der Waals surface area contributed by atoms with E-state index in [-0.39, 0.29) is 5.56 Å². The first kappa shape index (κ1) is 11.4. The maximum Gasteiger partial charge on any atom is 0.338 e. The van der Waals surface area contributed by atoms with Crippen LogP contribution in [0.1, 0.15) is 10.4 Å². The van der Waals surface area contributed by atoms with Gasteiger partial charge in [-0.15, -0.1) is 0 Å². The number of fused-ring (bicyclic) bond motifs is 1. The molecule has 3 aromatic rings. The molecule has 4 nitrogen and oxygen atoms in total. The van der Waals surface area contributed by atoms with E-state index in [0.29, 0.717) is 5.56 Å². The van der Waals surface area contributed by atoms with Crippen LogP contribution in [-0.2, 0) is 0 Å². The predicted octanol–water partition coefficient (Wildman–Crippen LogP) is 2.84. The lowest BCUT2D eigenvalue weighted by molar-refractivity contribution is 0.0692. The molecule has 1 N–H and O–H groups in total. The molecule has 0 atom stereocenters. The van der Waals surface area contributed by atoms with Crippen LogP contribution in [0, 0.1) is 5.82 Å². The fraction of sp³-hybridized carbons (Fsp3) is 0. The molecule has 0 radical (unpaired) electrons. The number of aromatic nitrogens is 2. The maximum atomic E-state index is 13.6. The fourth-order valence-corrected chi connectivity index (χ4v) is 1.96. The molecule has 0 saturated heterocycles. The van der Waals surface area contributed by atoms with Gasteiger partial charge >= 0.3 is 5.97 Å². The van der Waals surface area contributed by atoms with Crippen molar-refractivity contribution in [1.82, 2.24) is 9.38 Å². The minimum Gasteiger partial charge on any atom is -0.478 e. The third-order valence-electron chi connectivity index (χ3n) is 2.92. The van der Waals surface area contributed by atoms with E-state index in [1.807, 2.05) is 22.7 Å². The van der Waals surface area contributed by atoms with E-state index in [1.165, 1.54) is 12.1 Å². The summed E-state index contributed by atoms with van der Waals surface area (Å²) in [5.41, 5.74) is 1.89. The predicted molar refractivity (Wildman–Crippen MR) is 67.5 cm³/mol. The maximum absolute atomic E-state index is 13.6. The van der Waals surface area contributed by atoms with Crippen molar-refractivity contribution in [1.29, 1.82) is 0 Å². The van der Waals surface area contributed by atoms with Gasteiger partial charge in [0.2, 0.25) is 0 Å². The summed E-state index contributed by atoms with van der Waals surface area (Å²) in [6.07, 6.45) is 5.28. The minimum atomic E-state index is -1.27. The number of aromatic carboxylic acids is 1. The van der Waals surface area contributed by atoms with Gasteiger partial charge in [-0.1, -0.05) is 6.07 Å². The van der Waals surface area contributed by atoms with Crippen molar-refractivity contribution in [2.24, 2.45) is 0 Å². The van der Waals surface area contributed by atoms with Gasteiger partial charge in [0, 0.05) is 18.6 Å². The second kappa shape index (κ2) is 4.20. The first-order chi connectivity index (χ1) is 9.15. The monoisotopic (exact) mass is 256 g/mol. The lowest BCUT2D eigenvalue weighted by Crippen LogP contribution is -2.00. The Bertz CT molecular complexity index is 780. The van der Waals surface area contributed by atoms with Crippen LogP contribution in [0.5, 0.6) is 0 Å². The molecule has 5 heteroatoms. The van der Waals surface area contributed by atoms with E-state index in [2.05, 4.69) is 4.98 Å². The van der Waals surface area contributed by atoms with Crippen LogP contribution in [0.25, 0.3) is 16.8 Å². The number of nitrogens with zero attached hydrogens (tertiary/aromatic N) is 2. The van der Waals surface area contributed by atoms with E-state index >= 15 is 0 Å².